The van der Waals surface area contributed by atoms with E-state index in [0.717, 1.165) is 5.75 Å². The Bertz CT molecular complexity index is 926. The smallest absolute Gasteiger partial charge is 0.203 e. The summed E-state index contributed by atoms with van der Waals surface area (Å²) in [5.41, 5.74) is 0.406. The number of hydrogen-bond acceptors (Lipinski definition) is 6. The predicted octanol–water partition coefficient (Wildman–Crippen LogP) is 4.77. The van der Waals surface area contributed by atoms with Crippen LogP contribution < -0.4 is 23.7 Å². The van der Waals surface area contributed by atoms with Crippen LogP contribution in [-0.4, -0.2) is 33.7 Å². The maximum atomic E-state index is 12.6. The van der Waals surface area contributed by atoms with Gasteiger partial charge < -0.3 is 23.7 Å². The molecular formula is C23H22O6. The van der Waals surface area contributed by atoms with E-state index in [1.54, 1.807) is 36.4 Å². The molecule has 0 saturated heterocycles. The molecule has 0 fully saturated rings. The van der Waals surface area contributed by atoms with E-state index in [4.69, 9.17) is 23.7 Å². The Labute approximate surface area is 169 Å². The number of hydrogen-bond donors (Lipinski definition) is 0. The Morgan fingerprint density at radius 3 is 1.83 bits per heavy atom. The fourth-order valence-corrected chi connectivity index (χ4v) is 2.70. The molecule has 0 aliphatic heterocycles. The van der Waals surface area contributed by atoms with E-state index in [2.05, 4.69) is 0 Å². The molecular weight excluding hydrogens is 372 g/mol. The van der Waals surface area contributed by atoms with Crippen LogP contribution in [0.1, 0.15) is 10.4 Å². The van der Waals surface area contributed by atoms with Crippen molar-refractivity contribution in [2.24, 2.45) is 0 Å². The van der Waals surface area contributed by atoms with Crippen LogP contribution in [0.2, 0.25) is 0 Å². The van der Waals surface area contributed by atoms with Gasteiger partial charge in [0, 0.05) is 5.56 Å². The molecule has 0 aromatic heterocycles. The van der Waals surface area contributed by atoms with Crippen molar-refractivity contribution < 1.29 is 28.5 Å². The van der Waals surface area contributed by atoms with Gasteiger partial charge in [0.1, 0.15) is 17.2 Å². The highest BCUT2D eigenvalue weighted by molar-refractivity contribution is 5.98. The maximum Gasteiger partial charge on any atom is 0.203 e. The number of carbonyl (C=O) groups is 1. The molecule has 6 heteroatoms. The average molecular weight is 394 g/mol. The quantitative estimate of drug-likeness (QED) is 0.487. The SMILES string of the molecule is COc1cc(C(=O)COc2ccc(Oc3ccccc3)cc2)cc(OC)c1OC. The molecule has 0 saturated carbocycles. The third-order valence-corrected chi connectivity index (χ3v) is 4.16. The number of ether oxygens (including phenoxy) is 5. The summed E-state index contributed by atoms with van der Waals surface area (Å²) in [5.74, 6) is 3.04. The molecule has 0 amide bonds. The summed E-state index contributed by atoms with van der Waals surface area (Å²) in [6.45, 7) is -0.127. The van der Waals surface area contributed by atoms with Crippen LogP contribution in [0.25, 0.3) is 0 Å². The van der Waals surface area contributed by atoms with Gasteiger partial charge in [0.2, 0.25) is 5.75 Å². The summed E-state index contributed by atoms with van der Waals surface area (Å²) in [6.07, 6.45) is 0. The van der Waals surface area contributed by atoms with Crippen molar-refractivity contribution in [2.45, 2.75) is 0 Å². The van der Waals surface area contributed by atoms with Crippen molar-refractivity contribution in [3.05, 3.63) is 72.3 Å². The first-order chi connectivity index (χ1) is 14.1. The number of benzene rings is 3. The van der Waals surface area contributed by atoms with Gasteiger partial charge in [-0.2, -0.15) is 0 Å². The molecule has 0 N–H and O–H groups in total. The van der Waals surface area contributed by atoms with Crippen LogP contribution >= 0.6 is 0 Å². The first kappa shape index (κ1) is 20.1. The van der Waals surface area contributed by atoms with Crippen LogP contribution in [0.3, 0.4) is 0 Å². The largest absolute Gasteiger partial charge is 0.493 e. The van der Waals surface area contributed by atoms with Gasteiger partial charge in [-0.25, -0.2) is 0 Å². The third kappa shape index (κ3) is 4.99. The van der Waals surface area contributed by atoms with Gasteiger partial charge >= 0.3 is 0 Å². The first-order valence-electron chi connectivity index (χ1n) is 8.93. The first-order valence-corrected chi connectivity index (χ1v) is 8.93. The predicted molar refractivity (Wildman–Crippen MR) is 109 cm³/mol. The second-order valence-corrected chi connectivity index (χ2v) is 6.01. The number of carbonyl (C=O) groups excluding carboxylic acids is 1. The lowest BCUT2D eigenvalue weighted by molar-refractivity contribution is 0.0920. The van der Waals surface area contributed by atoms with Gasteiger partial charge in [0.05, 0.1) is 21.3 Å². The van der Waals surface area contributed by atoms with E-state index in [1.807, 2.05) is 30.3 Å². The minimum atomic E-state index is -0.214. The van der Waals surface area contributed by atoms with E-state index >= 15 is 0 Å². The van der Waals surface area contributed by atoms with Crippen LogP contribution in [-0.2, 0) is 0 Å². The summed E-state index contributed by atoms with van der Waals surface area (Å²) in [5, 5.41) is 0. The van der Waals surface area contributed by atoms with Gasteiger partial charge in [-0.3, -0.25) is 4.79 Å². The topological polar surface area (TPSA) is 63.2 Å². The minimum Gasteiger partial charge on any atom is -0.493 e. The second-order valence-electron chi connectivity index (χ2n) is 6.01. The summed E-state index contributed by atoms with van der Waals surface area (Å²) >= 11 is 0. The molecule has 0 heterocycles. The van der Waals surface area contributed by atoms with E-state index in [0.29, 0.717) is 34.3 Å². The Kier molecular flexibility index (Phi) is 6.58. The van der Waals surface area contributed by atoms with Crippen LogP contribution in [0.5, 0.6) is 34.5 Å². The summed E-state index contributed by atoms with van der Waals surface area (Å²) < 4.78 is 27.2. The number of Topliss-reactive ketones (excluding diaryl/α,β-unsaturated/α-hetero) is 1. The van der Waals surface area contributed by atoms with Crippen molar-refractivity contribution in [1.82, 2.24) is 0 Å². The monoisotopic (exact) mass is 394 g/mol. The standard InChI is InChI=1S/C23H22O6/c1-25-21-13-16(14-22(26-2)23(21)27-3)20(24)15-28-17-9-11-19(12-10-17)29-18-7-5-4-6-8-18/h4-14H,15H2,1-3H3. The van der Waals surface area contributed by atoms with Crippen molar-refractivity contribution in [1.29, 1.82) is 0 Å². The molecule has 0 radical (unpaired) electrons. The van der Waals surface area contributed by atoms with Crippen molar-refractivity contribution >= 4 is 5.78 Å². The highest BCUT2D eigenvalue weighted by atomic mass is 16.5. The van der Waals surface area contributed by atoms with Crippen LogP contribution in [0.15, 0.2) is 66.7 Å². The van der Waals surface area contributed by atoms with Crippen molar-refractivity contribution in [2.75, 3.05) is 27.9 Å². The number of ketones is 1. The second kappa shape index (κ2) is 9.50. The molecule has 3 aromatic carbocycles. The Morgan fingerprint density at radius 1 is 0.724 bits per heavy atom. The molecule has 0 aliphatic carbocycles. The molecule has 0 aliphatic rings. The number of methoxy groups -OCH3 is 3. The Balaban J connectivity index is 1.64. The molecule has 0 unspecified atom stereocenters. The van der Waals surface area contributed by atoms with Gasteiger partial charge in [-0.15, -0.1) is 0 Å². The molecule has 150 valence electrons. The zero-order valence-electron chi connectivity index (χ0n) is 16.5. The molecule has 29 heavy (non-hydrogen) atoms. The lowest BCUT2D eigenvalue weighted by Gasteiger charge is -2.14. The molecule has 6 nitrogen and oxygen atoms in total. The van der Waals surface area contributed by atoms with Gasteiger partial charge in [-0.1, -0.05) is 18.2 Å². The molecule has 3 rings (SSSR count). The summed E-state index contributed by atoms with van der Waals surface area (Å²) in [6, 6.07) is 19.8. The molecule has 0 atom stereocenters. The molecule has 0 bridgehead atoms. The normalized spacial score (nSPS) is 10.2. The van der Waals surface area contributed by atoms with Crippen LogP contribution in [0.4, 0.5) is 0 Å². The van der Waals surface area contributed by atoms with Gasteiger partial charge in [0.15, 0.2) is 23.9 Å². The van der Waals surface area contributed by atoms with Crippen molar-refractivity contribution in [3.8, 4) is 34.5 Å². The minimum absolute atomic E-state index is 0.127. The highest BCUT2D eigenvalue weighted by Crippen LogP contribution is 2.38. The van der Waals surface area contributed by atoms with E-state index in [1.165, 1.54) is 21.3 Å². The summed E-state index contributed by atoms with van der Waals surface area (Å²) in [7, 11) is 4.51. The van der Waals surface area contributed by atoms with Crippen LogP contribution in [0, 0.1) is 0 Å². The maximum absolute atomic E-state index is 12.6. The fourth-order valence-electron chi connectivity index (χ4n) is 2.70. The van der Waals surface area contributed by atoms with Gasteiger partial charge in [0.25, 0.3) is 0 Å². The van der Waals surface area contributed by atoms with E-state index < -0.39 is 0 Å². The zero-order chi connectivity index (χ0) is 20.6. The molecule has 0 spiro atoms. The highest BCUT2D eigenvalue weighted by Gasteiger charge is 2.17. The Hall–Kier alpha value is -3.67. The van der Waals surface area contributed by atoms with Crippen molar-refractivity contribution in [3.63, 3.8) is 0 Å². The third-order valence-electron chi connectivity index (χ3n) is 4.16. The number of para-hydroxylation sites is 1. The fraction of sp³-hybridized carbons (Fsp3) is 0.174. The lowest BCUT2D eigenvalue weighted by atomic mass is 10.1. The summed E-state index contributed by atoms with van der Waals surface area (Å²) in [4.78, 5) is 12.6. The Morgan fingerprint density at radius 2 is 1.28 bits per heavy atom. The number of rotatable bonds is 9. The molecule has 3 aromatic rings. The average Bonchev–Trinajstić information content (AvgIpc) is 2.78. The van der Waals surface area contributed by atoms with E-state index in [-0.39, 0.29) is 12.4 Å². The van der Waals surface area contributed by atoms with E-state index in [9.17, 15) is 4.79 Å². The lowest BCUT2D eigenvalue weighted by Crippen LogP contribution is -2.12. The zero-order valence-corrected chi connectivity index (χ0v) is 16.5. The van der Waals surface area contributed by atoms with Gasteiger partial charge in [-0.05, 0) is 48.5 Å².